The second-order valence-corrected chi connectivity index (χ2v) is 4.89. The van der Waals surface area contributed by atoms with Crippen molar-refractivity contribution in [3.8, 4) is 11.5 Å². The molecule has 0 unspecified atom stereocenters. The molecule has 0 heterocycles. The number of ether oxygens (including phenoxy) is 1. The molecule has 0 aromatic heterocycles. The van der Waals surface area contributed by atoms with Crippen molar-refractivity contribution in [1.29, 1.82) is 0 Å². The van der Waals surface area contributed by atoms with Crippen LogP contribution in [0.25, 0.3) is 0 Å². The molecular weight excluding hydrogens is 236 g/mol. The van der Waals surface area contributed by atoms with E-state index >= 15 is 0 Å². The molecule has 0 atom stereocenters. The lowest BCUT2D eigenvalue weighted by Crippen LogP contribution is -1.94. The van der Waals surface area contributed by atoms with Crippen molar-refractivity contribution in [2.24, 2.45) is 0 Å². The highest BCUT2D eigenvalue weighted by atomic mass is 16.5. The van der Waals surface area contributed by atoms with Gasteiger partial charge in [0.1, 0.15) is 17.8 Å². The Kier molecular flexibility index (Phi) is 3.70. The van der Waals surface area contributed by atoms with Gasteiger partial charge in [-0.15, -0.1) is 0 Å². The van der Waals surface area contributed by atoms with E-state index < -0.39 is 0 Å². The zero-order chi connectivity index (χ0) is 14.0. The van der Waals surface area contributed by atoms with E-state index in [-0.39, 0.29) is 0 Å². The van der Waals surface area contributed by atoms with E-state index in [2.05, 4.69) is 26.0 Å². The van der Waals surface area contributed by atoms with Crippen LogP contribution in [0.4, 0.5) is 0 Å². The molecule has 0 aliphatic carbocycles. The summed E-state index contributed by atoms with van der Waals surface area (Å²) in [6, 6.07) is 9.67. The van der Waals surface area contributed by atoms with Crippen molar-refractivity contribution in [1.82, 2.24) is 0 Å². The molecule has 0 bridgehead atoms. The zero-order valence-electron chi connectivity index (χ0n) is 11.8. The summed E-state index contributed by atoms with van der Waals surface area (Å²) < 4.78 is 5.99. The van der Waals surface area contributed by atoms with Crippen molar-refractivity contribution < 1.29 is 9.53 Å². The number of hydrogen-bond donors (Lipinski definition) is 0. The lowest BCUT2D eigenvalue weighted by atomic mass is 10.1. The van der Waals surface area contributed by atoms with Gasteiger partial charge in [0.05, 0.1) is 0 Å². The maximum atomic E-state index is 10.8. The van der Waals surface area contributed by atoms with E-state index in [1.54, 1.807) is 6.07 Å². The average Bonchev–Trinajstić information content (AvgIpc) is 2.39. The maximum absolute atomic E-state index is 10.8. The van der Waals surface area contributed by atoms with Crippen LogP contribution in [0.2, 0.25) is 0 Å². The van der Waals surface area contributed by atoms with Gasteiger partial charge in [-0.1, -0.05) is 12.1 Å². The number of carbonyl (C=O) groups excluding carboxylic acids is 1. The number of hydrogen-bond acceptors (Lipinski definition) is 2. The van der Waals surface area contributed by atoms with Crippen LogP contribution in [0.5, 0.6) is 11.5 Å². The lowest BCUT2D eigenvalue weighted by Gasteiger charge is -2.14. The molecule has 0 saturated carbocycles. The lowest BCUT2D eigenvalue weighted by molar-refractivity contribution is 0.112. The third-order valence-corrected chi connectivity index (χ3v) is 3.46. The van der Waals surface area contributed by atoms with E-state index in [0.717, 1.165) is 34.5 Å². The minimum Gasteiger partial charge on any atom is -0.457 e. The number of rotatable bonds is 3. The van der Waals surface area contributed by atoms with Gasteiger partial charge in [0.15, 0.2) is 0 Å². The van der Waals surface area contributed by atoms with Gasteiger partial charge in [-0.3, -0.25) is 4.79 Å². The second kappa shape index (κ2) is 5.27. The molecule has 2 aromatic rings. The number of aldehydes is 1. The van der Waals surface area contributed by atoms with Gasteiger partial charge in [-0.05, 0) is 68.1 Å². The van der Waals surface area contributed by atoms with Gasteiger partial charge in [0, 0.05) is 5.56 Å². The predicted octanol–water partition coefficient (Wildman–Crippen LogP) is 4.53. The fourth-order valence-electron chi connectivity index (χ4n) is 2.04. The summed E-state index contributed by atoms with van der Waals surface area (Å²) in [5, 5.41) is 0. The minimum absolute atomic E-state index is 0.699. The first-order chi connectivity index (χ1) is 9.02. The van der Waals surface area contributed by atoms with E-state index in [9.17, 15) is 4.79 Å². The molecule has 19 heavy (non-hydrogen) atoms. The summed E-state index contributed by atoms with van der Waals surface area (Å²) in [7, 11) is 0. The van der Waals surface area contributed by atoms with Crippen LogP contribution in [0.1, 0.15) is 32.6 Å². The molecular formula is C17H18O2. The molecule has 0 saturated heterocycles. The van der Waals surface area contributed by atoms with Crippen LogP contribution in [0.3, 0.4) is 0 Å². The van der Waals surface area contributed by atoms with Crippen molar-refractivity contribution >= 4 is 6.29 Å². The summed E-state index contributed by atoms with van der Waals surface area (Å²) in [4.78, 5) is 10.8. The Morgan fingerprint density at radius 2 is 1.58 bits per heavy atom. The Morgan fingerprint density at radius 3 is 2.21 bits per heavy atom. The van der Waals surface area contributed by atoms with Crippen LogP contribution in [0.15, 0.2) is 30.3 Å². The first-order valence-electron chi connectivity index (χ1n) is 6.33. The molecule has 0 fully saturated rings. The van der Waals surface area contributed by atoms with Crippen molar-refractivity contribution in [3.05, 3.63) is 58.1 Å². The van der Waals surface area contributed by atoms with Crippen LogP contribution >= 0.6 is 0 Å². The number of carbonyl (C=O) groups is 1. The van der Waals surface area contributed by atoms with E-state index in [1.165, 1.54) is 5.56 Å². The van der Waals surface area contributed by atoms with E-state index in [4.69, 9.17) is 4.74 Å². The average molecular weight is 254 g/mol. The Morgan fingerprint density at radius 1 is 0.895 bits per heavy atom. The molecule has 2 nitrogen and oxygen atoms in total. The van der Waals surface area contributed by atoms with Gasteiger partial charge in [0.2, 0.25) is 0 Å². The van der Waals surface area contributed by atoms with Crippen LogP contribution in [-0.4, -0.2) is 6.29 Å². The van der Waals surface area contributed by atoms with Gasteiger partial charge in [-0.2, -0.15) is 0 Å². The zero-order valence-corrected chi connectivity index (χ0v) is 11.8. The summed E-state index contributed by atoms with van der Waals surface area (Å²) >= 11 is 0. The quantitative estimate of drug-likeness (QED) is 0.752. The molecule has 2 aromatic carbocycles. The first kappa shape index (κ1) is 13.3. The van der Waals surface area contributed by atoms with Crippen LogP contribution < -0.4 is 4.74 Å². The van der Waals surface area contributed by atoms with Gasteiger partial charge >= 0.3 is 0 Å². The number of aryl methyl sites for hydroxylation is 3. The Balaban J connectivity index is 2.39. The summed E-state index contributed by atoms with van der Waals surface area (Å²) in [5.41, 5.74) is 5.10. The highest BCUT2D eigenvalue weighted by molar-refractivity contribution is 5.77. The predicted molar refractivity (Wildman–Crippen MR) is 77.3 cm³/mol. The molecule has 0 N–H and O–H groups in total. The summed E-state index contributed by atoms with van der Waals surface area (Å²) in [6.07, 6.45) is 0.863. The van der Waals surface area contributed by atoms with E-state index in [0.29, 0.717) is 5.56 Å². The van der Waals surface area contributed by atoms with Crippen molar-refractivity contribution in [2.45, 2.75) is 27.7 Å². The third-order valence-electron chi connectivity index (χ3n) is 3.46. The molecule has 0 amide bonds. The van der Waals surface area contributed by atoms with Crippen molar-refractivity contribution in [3.63, 3.8) is 0 Å². The van der Waals surface area contributed by atoms with Crippen LogP contribution in [-0.2, 0) is 0 Å². The Bertz CT molecular complexity index is 627. The summed E-state index contributed by atoms with van der Waals surface area (Å²) in [5.74, 6) is 1.66. The fraction of sp³-hybridized carbons (Fsp3) is 0.235. The Labute approximate surface area is 114 Å². The summed E-state index contributed by atoms with van der Waals surface area (Å²) in [6.45, 7) is 8.08. The number of benzene rings is 2. The molecule has 0 radical (unpaired) electrons. The SMILES string of the molecule is Cc1cc(Oc2c(C)ccc(C)c2C)ccc1C=O. The maximum Gasteiger partial charge on any atom is 0.150 e. The Hall–Kier alpha value is -2.09. The third kappa shape index (κ3) is 2.68. The second-order valence-electron chi connectivity index (χ2n) is 4.89. The molecule has 2 rings (SSSR count). The van der Waals surface area contributed by atoms with Crippen LogP contribution in [0, 0.1) is 27.7 Å². The van der Waals surface area contributed by atoms with Crippen molar-refractivity contribution in [2.75, 3.05) is 0 Å². The highest BCUT2D eigenvalue weighted by Gasteiger charge is 2.08. The first-order valence-corrected chi connectivity index (χ1v) is 6.33. The highest BCUT2D eigenvalue weighted by Crippen LogP contribution is 2.31. The molecule has 98 valence electrons. The standard InChI is InChI=1S/C17H18O2/c1-11-5-6-12(2)17(14(11)4)19-16-8-7-15(10-18)13(3)9-16/h5-10H,1-4H3. The topological polar surface area (TPSA) is 26.3 Å². The normalized spacial score (nSPS) is 10.3. The molecule has 2 heteroatoms. The minimum atomic E-state index is 0.699. The van der Waals surface area contributed by atoms with Gasteiger partial charge < -0.3 is 4.74 Å². The smallest absolute Gasteiger partial charge is 0.150 e. The molecule has 0 aliphatic rings. The molecule has 0 aliphatic heterocycles. The largest absolute Gasteiger partial charge is 0.457 e. The van der Waals surface area contributed by atoms with Gasteiger partial charge in [0.25, 0.3) is 0 Å². The fourth-order valence-corrected chi connectivity index (χ4v) is 2.04. The monoisotopic (exact) mass is 254 g/mol. The van der Waals surface area contributed by atoms with E-state index in [1.807, 2.05) is 26.0 Å². The van der Waals surface area contributed by atoms with Gasteiger partial charge in [-0.25, -0.2) is 0 Å². The molecule has 0 spiro atoms.